The molecule has 0 radical (unpaired) electrons. The molecule has 9 nitrogen and oxygen atoms in total. The van der Waals surface area contributed by atoms with Crippen molar-refractivity contribution in [2.75, 3.05) is 26.4 Å². The molecule has 10 heteroatoms. The van der Waals surface area contributed by atoms with Gasteiger partial charge in [0.25, 0.3) is 0 Å². The third-order valence-electron chi connectivity index (χ3n) is 14.2. The van der Waals surface area contributed by atoms with Gasteiger partial charge in [0.15, 0.2) is 6.10 Å². The van der Waals surface area contributed by atoms with E-state index in [0.29, 0.717) is 6.42 Å². The van der Waals surface area contributed by atoms with Crippen molar-refractivity contribution in [2.45, 2.75) is 290 Å². The van der Waals surface area contributed by atoms with Crippen LogP contribution in [0, 0.1) is 0 Å². The summed E-state index contributed by atoms with van der Waals surface area (Å²) >= 11 is 0. The Hall–Kier alpha value is -4.11. The van der Waals surface area contributed by atoms with Crippen LogP contribution in [0.15, 0.2) is 146 Å². The first-order chi connectivity index (χ1) is 41.8. The molecular formula is C75H126NO8P. The predicted molar refractivity (Wildman–Crippen MR) is 367 cm³/mol. The molecule has 0 rings (SSSR count). The largest absolute Gasteiger partial charge is 0.472 e. The van der Waals surface area contributed by atoms with Gasteiger partial charge in [0, 0.05) is 19.4 Å². The maximum atomic E-state index is 12.7. The minimum absolute atomic E-state index is 0.0394. The van der Waals surface area contributed by atoms with Gasteiger partial charge in [-0.3, -0.25) is 18.6 Å². The molecule has 0 saturated carbocycles. The lowest BCUT2D eigenvalue weighted by Gasteiger charge is -2.19. The van der Waals surface area contributed by atoms with Crippen LogP contribution in [0.4, 0.5) is 0 Å². The van der Waals surface area contributed by atoms with Crippen molar-refractivity contribution in [3.8, 4) is 0 Å². The maximum Gasteiger partial charge on any atom is 0.472 e. The number of allylic oxidation sites excluding steroid dienone is 24. The van der Waals surface area contributed by atoms with Gasteiger partial charge in [0.2, 0.25) is 0 Å². The number of esters is 2. The number of rotatable bonds is 63. The summed E-state index contributed by atoms with van der Waals surface area (Å²) in [5.41, 5.74) is 5.39. The average molecular weight is 1200 g/mol. The fourth-order valence-electron chi connectivity index (χ4n) is 9.17. The smallest absolute Gasteiger partial charge is 0.462 e. The lowest BCUT2D eigenvalue weighted by molar-refractivity contribution is -0.161. The van der Waals surface area contributed by atoms with E-state index in [1.807, 2.05) is 0 Å². The van der Waals surface area contributed by atoms with Gasteiger partial charge in [-0.05, 0) is 122 Å². The van der Waals surface area contributed by atoms with Crippen LogP contribution in [0.2, 0.25) is 0 Å². The van der Waals surface area contributed by atoms with Gasteiger partial charge in [-0.15, -0.1) is 0 Å². The summed E-state index contributed by atoms with van der Waals surface area (Å²) in [4.78, 5) is 35.3. The summed E-state index contributed by atoms with van der Waals surface area (Å²) in [6.07, 6.45) is 99.4. The molecule has 0 aliphatic rings. The fourth-order valence-corrected chi connectivity index (χ4v) is 9.93. The predicted octanol–water partition coefficient (Wildman–Crippen LogP) is 22.6. The molecule has 2 atom stereocenters. The standard InChI is InChI=1S/C75H126NO8P/c1-3-5-7-9-11-13-15-17-19-21-23-25-27-29-31-33-35-36-38-40-42-44-46-48-50-52-54-56-58-60-62-64-66-68-75(78)84-73(72-83-85(79,80)82-70-69-76)71-81-74(77)67-65-63-61-59-57-55-53-51-49-47-45-43-41-39-37-34-32-30-28-26-24-22-20-18-16-14-12-10-8-6-4-2/h5,7,11,13,16-19,22-25,29,31,35-36,40,42,46,48,52,54,58,60,73H,3-4,6,8-10,12,14-15,20-21,26-28,30,32-34,37-39,41,43-45,47,49-51,53,55-57,59,61-72,76H2,1-2H3,(H,79,80)/b7-5-,13-11-,18-16-,19-17-,24-22-,25-23-,31-29-,36-35-,42-40-,48-46-,54-52-,60-58-. The molecule has 0 spiro atoms. The van der Waals surface area contributed by atoms with Crippen molar-refractivity contribution in [3.05, 3.63) is 146 Å². The summed E-state index contributed by atoms with van der Waals surface area (Å²) in [5, 5.41) is 0. The molecule has 484 valence electrons. The highest BCUT2D eigenvalue weighted by molar-refractivity contribution is 7.47. The highest BCUT2D eigenvalue weighted by Gasteiger charge is 2.26. The van der Waals surface area contributed by atoms with E-state index < -0.39 is 32.5 Å². The Kier molecular flexibility index (Phi) is 65.7. The van der Waals surface area contributed by atoms with Gasteiger partial charge < -0.3 is 20.1 Å². The second-order valence-corrected chi connectivity index (χ2v) is 23.8. The zero-order valence-electron chi connectivity index (χ0n) is 54.3. The van der Waals surface area contributed by atoms with Crippen LogP contribution in [-0.4, -0.2) is 49.3 Å². The summed E-state index contributed by atoms with van der Waals surface area (Å²) in [7, 11) is -4.42. The van der Waals surface area contributed by atoms with Gasteiger partial charge in [-0.25, -0.2) is 4.57 Å². The number of phosphoric ester groups is 1. The van der Waals surface area contributed by atoms with E-state index in [0.717, 1.165) is 103 Å². The molecular weight excluding hydrogens is 1070 g/mol. The normalized spacial score (nSPS) is 13.9. The van der Waals surface area contributed by atoms with Crippen molar-refractivity contribution < 1.29 is 37.6 Å². The Morgan fingerprint density at radius 1 is 0.365 bits per heavy atom. The van der Waals surface area contributed by atoms with E-state index in [1.54, 1.807) is 0 Å². The minimum Gasteiger partial charge on any atom is -0.462 e. The van der Waals surface area contributed by atoms with Crippen molar-refractivity contribution in [1.82, 2.24) is 0 Å². The quantitative estimate of drug-likeness (QED) is 0.0264. The number of carbonyl (C=O) groups excluding carboxylic acids is 2. The molecule has 0 aromatic rings. The molecule has 0 heterocycles. The zero-order chi connectivity index (χ0) is 61.6. The number of hydrogen-bond acceptors (Lipinski definition) is 8. The topological polar surface area (TPSA) is 134 Å². The van der Waals surface area contributed by atoms with E-state index >= 15 is 0 Å². The van der Waals surface area contributed by atoms with E-state index in [9.17, 15) is 19.0 Å². The Labute approximate surface area is 522 Å². The van der Waals surface area contributed by atoms with E-state index in [2.05, 4.69) is 160 Å². The van der Waals surface area contributed by atoms with E-state index in [-0.39, 0.29) is 32.6 Å². The van der Waals surface area contributed by atoms with Crippen LogP contribution in [0.5, 0.6) is 0 Å². The van der Waals surface area contributed by atoms with Crippen molar-refractivity contribution in [1.29, 1.82) is 0 Å². The number of carbonyl (C=O) groups is 2. The van der Waals surface area contributed by atoms with Crippen LogP contribution >= 0.6 is 7.82 Å². The third kappa shape index (κ3) is 68.9. The summed E-state index contributed by atoms with van der Waals surface area (Å²) in [6.45, 7) is 3.58. The second-order valence-electron chi connectivity index (χ2n) is 22.3. The van der Waals surface area contributed by atoms with Crippen LogP contribution in [-0.2, 0) is 32.7 Å². The lowest BCUT2D eigenvalue weighted by atomic mass is 10.0. The third-order valence-corrected chi connectivity index (χ3v) is 15.2. The summed E-state index contributed by atoms with van der Waals surface area (Å²) in [6, 6.07) is 0. The fraction of sp³-hybridized carbons (Fsp3) is 0.653. The lowest BCUT2D eigenvalue weighted by Crippen LogP contribution is -2.29. The molecule has 2 unspecified atom stereocenters. The first-order valence-electron chi connectivity index (χ1n) is 34.3. The zero-order valence-corrected chi connectivity index (χ0v) is 55.2. The SMILES string of the molecule is CC/C=C\C/C=C\C/C=C\C/C=C\C/C=C\C/C=C\C/C=C\C/C=C\C/C=C\C/C=C\CCCCC(=O)OC(COC(=O)CCCCCCCCCCCCCCCCCCCCC/C=C\C/C=C\CCCCCCC)COP(=O)(O)OCCN. The molecule has 0 aliphatic heterocycles. The van der Waals surface area contributed by atoms with E-state index in [1.165, 1.54) is 148 Å². The number of hydrogen-bond donors (Lipinski definition) is 2. The molecule has 0 bridgehead atoms. The van der Waals surface area contributed by atoms with Crippen LogP contribution in [0.25, 0.3) is 0 Å². The highest BCUT2D eigenvalue weighted by Crippen LogP contribution is 2.43. The van der Waals surface area contributed by atoms with Gasteiger partial charge >= 0.3 is 19.8 Å². The monoisotopic (exact) mass is 1200 g/mol. The van der Waals surface area contributed by atoms with Crippen LogP contribution < -0.4 is 5.73 Å². The molecule has 3 N–H and O–H groups in total. The number of nitrogens with two attached hydrogens (primary N) is 1. The maximum absolute atomic E-state index is 12.7. The Morgan fingerprint density at radius 2 is 0.647 bits per heavy atom. The van der Waals surface area contributed by atoms with Gasteiger partial charge in [0.1, 0.15) is 6.61 Å². The Morgan fingerprint density at radius 3 is 0.988 bits per heavy atom. The summed E-state index contributed by atoms with van der Waals surface area (Å²) in [5.74, 6) is -0.881. The average Bonchev–Trinajstić information content (AvgIpc) is 3.52. The molecule has 0 fully saturated rings. The van der Waals surface area contributed by atoms with Crippen LogP contribution in [0.1, 0.15) is 284 Å². The minimum atomic E-state index is -4.42. The van der Waals surface area contributed by atoms with Gasteiger partial charge in [-0.1, -0.05) is 295 Å². The molecule has 85 heavy (non-hydrogen) atoms. The van der Waals surface area contributed by atoms with Crippen molar-refractivity contribution >= 4 is 19.8 Å². The van der Waals surface area contributed by atoms with Gasteiger partial charge in [0.05, 0.1) is 13.2 Å². The van der Waals surface area contributed by atoms with E-state index in [4.69, 9.17) is 24.3 Å². The number of phosphoric acid groups is 1. The molecule has 0 amide bonds. The molecule has 0 saturated heterocycles. The number of unbranched alkanes of at least 4 members (excludes halogenated alkanes) is 26. The second kappa shape index (κ2) is 69.0. The molecule has 0 aromatic heterocycles. The number of ether oxygens (including phenoxy) is 2. The first-order valence-corrected chi connectivity index (χ1v) is 35.8. The highest BCUT2D eigenvalue weighted by atomic mass is 31.2. The molecule has 0 aromatic carbocycles. The van der Waals surface area contributed by atoms with Gasteiger partial charge in [-0.2, -0.15) is 0 Å². The van der Waals surface area contributed by atoms with Crippen LogP contribution in [0.3, 0.4) is 0 Å². The summed E-state index contributed by atoms with van der Waals surface area (Å²) < 4.78 is 33.1. The Balaban J connectivity index is 4.01. The van der Waals surface area contributed by atoms with Crippen molar-refractivity contribution in [3.63, 3.8) is 0 Å². The van der Waals surface area contributed by atoms with Crippen molar-refractivity contribution in [2.24, 2.45) is 5.73 Å². The molecule has 0 aliphatic carbocycles. The Bertz CT molecular complexity index is 1900. The first kappa shape index (κ1) is 80.9.